The van der Waals surface area contributed by atoms with E-state index in [1.54, 1.807) is 18.3 Å². The number of rotatable bonds is 7. The summed E-state index contributed by atoms with van der Waals surface area (Å²) >= 11 is 0. The predicted molar refractivity (Wildman–Crippen MR) is 77.6 cm³/mol. The molecule has 0 aliphatic rings. The number of hydrogen-bond donors (Lipinski definition) is 2. The summed E-state index contributed by atoms with van der Waals surface area (Å²) in [4.78, 5) is 14.8. The summed E-state index contributed by atoms with van der Waals surface area (Å²) in [5.74, 6) is 1.60. The van der Waals surface area contributed by atoms with E-state index >= 15 is 0 Å². The maximum Gasteiger partial charge on any atom is 0.255 e. The first kappa shape index (κ1) is 15.1. The number of amides is 1. The molecule has 0 saturated heterocycles. The zero-order chi connectivity index (χ0) is 15.2. The normalized spacial score (nSPS) is 12.1. The van der Waals surface area contributed by atoms with E-state index in [0.29, 0.717) is 18.2 Å². The van der Waals surface area contributed by atoms with E-state index in [-0.39, 0.29) is 12.6 Å². The van der Waals surface area contributed by atoms with Crippen LogP contribution >= 0.6 is 0 Å². The van der Waals surface area contributed by atoms with Gasteiger partial charge in [-0.3, -0.25) is 4.79 Å². The quantitative estimate of drug-likeness (QED) is 0.809. The van der Waals surface area contributed by atoms with Crippen LogP contribution in [0.5, 0.6) is 5.75 Å². The highest BCUT2D eigenvalue weighted by molar-refractivity contribution is 5.75. The van der Waals surface area contributed by atoms with E-state index < -0.39 is 5.91 Å². The van der Waals surface area contributed by atoms with Crippen molar-refractivity contribution in [1.82, 2.24) is 10.3 Å². The summed E-state index contributed by atoms with van der Waals surface area (Å²) in [6, 6.07) is 7.50. The first-order valence-corrected chi connectivity index (χ1v) is 6.70. The zero-order valence-corrected chi connectivity index (χ0v) is 12.1. The lowest BCUT2D eigenvalue weighted by atomic mass is 10.2. The molecule has 0 aliphatic heterocycles. The Labute approximate surface area is 123 Å². The molecule has 2 rings (SSSR count). The van der Waals surface area contributed by atoms with Crippen molar-refractivity contribution in [3.63, 3.8) is 0 Å². The molecular weight excluding hydrogens is 270 g/mol. The van der Waals surface area contributed by atoms with Crippen LogP contribution < -0.4 is 15.8 Å². The Morgan fingerprint density at radius 3 is 2.71 bits per heavy atom. The molecule has 0 fully saturated rings. The number of aryl methyl sites for hydroxylation is 1. The molecule has 1 atom stereocenters. The van der Waals surface area contributed by atoms with Crippen LogP contribution in [0.15, 0.2) is 34.9 Å². The van der Waals surface area contributed by atoms with Gasteiger partial charge in [0.15, 0.2) is 6.61 Å². The summed E-state index contributed by atoms with van der Waals surface area (Å²) in [6.07, 6.45) is 1.71. The lowest BCUT2D eigenvalue weighted by Gasteiger charge is -2.11. The SMILES string of the molecule is Cc1cnc(C(C)NCc2ccc(OCC(N)=O)cc2)o1. The van der Waals surface area contributed by atoms with Crippen molar-refractivity contribution in [3.05, 3.63) is 47.7 Å². The summed E-state index contributed by atoms with van der Waals surface area (Å²) in [6.45, 7) is 4.43. The monoisotopic (exact) mass is 289 g/mol. The van der Waals surface area contributed by atoms with Crippen molar-refractivity contribution in [1.29, 1.82) is 0 Å². The number of nitrogens with one attached hydrogen (secondary N) is 1. The average Bonchev–Trinajstić information content (AvgIpc) is 2.90. The second-order valence-electron chi connectivity index (χ2n) is 4.81. The third-order valence-electron chi connectivity index (χ3n) is 2.93. The van der Waals surface area contributed by atoms with Gasteiger partial charge >= 0.3 is 0 Å². The minimum Gasteiger partial charge on any atom is -0.484 e. The molecule has 0 saturated carbocycles. The minimum absolute atomic E-state index is 0.0319. The highest BCUT2D eigenvalue weighted by Crippen LogP contribution is 2.15. The molecule has 1 unspecified atom stereocenters. The van der Waals surface area contributed by atoms with Crippen molar-refractivity contribution < 1.29 is 13.9 Å². The van der Waals surface area contributed by atoms with E-state index in [1.807, 2.05) is 26.0 Å². The highest BCUT2D eigenvalue weighted by Gasteiger charge is 2.10. The van der Waals surface area contributed by atoms with Crippen molar-refractivity contribution in [3.8, 4) is 5.75 Å². The largest absolute Gasteiger partial charge is 0.484 e. The molecule has 21 heavy (non-hydrogen) atoms. The maximum absolute atomic E-state index is 10.6. The maximum atomic E-state index is 10.6. The van der Waals surface area contributed by atoms with E-state index in [4.69, 9.17) is 14.9 Å². The first-order valence-electron chi connectivity index (χ1n) is 6.70. The fourth-order valence-electron chi connectivity index (χ4n) is 1.79. The fraction of sp³-hybridized carbons (Fsp3) is 0.333. The van der Waals surface area contributed by atoms with Crippen LogP contribution in [0.1, 0.15) is 30.2 Å². The summed E-state index contributed by atoms with van der Waals surface area (Å²) in [5.41, 5.74) is 6.11. The van der Waals surface area contributed by atoms with Crippen LogP contribution in [0.25, 0.3) is 0 Å². The lowest BCUT2D eigenvalue weighted by molar-refractivity contribution is -0.119. The van der Waals surface area contributed by atoms with Gasteiger partial charge in [-0.05, 0) is 31.5 Å². The smallest absolute Gasteiger partial charge is 0.255 e. The Balaban J connectivity index is 1.84. The molecule has 1 amide bonds. The van der Waals surface area contributed by atoms with Gasteiger partial charge in [0, 0.05) is 6.54 Å². The molecule has 1 aromatic heterocycles. The van der Waals surface area contributed by atoms with Gasteiger partial charge in [-0.2, -0.15) is 0 Å². The number of carbonyl (C=O) groups excluding carboxylic acids is 1. The Hall–Kier alpha value is -2.34. The second-order valence-corrected chi connectivity index (χ2v) is 4.81. The van der Waals surface area contributed by atoms with Gasteiger partial charge in [0.2, 0.25) is 5.89 Å². The van der Waals surface area contributed by atoms with Gasteiger partial charge in [0.25, 0.3) is 5.91 Å². The molecule has 0 radical (unpaired) electrons. The Morgan fingerprint density at radius 2 is 2.14 bits per heavy atom. The zero-order valence-electron chi connectivity index (χ0n) is 12.1. The molecule has 0 spiro atoms. The van der Waals surface area contributed by atoms with Gasteiger partial charge in [-0.1, -0.05) is 12.1 Å². The third kappa shape index (κ3) is 4.61. The first-order chi connectivity index (χ1) is 10.0. The van der Waals surface area contributed by atoms with Crippen LogP contribution in [0.4, 0.5) is 0 Å². The fourth-order valence-corrected chi connectivity index (χ4v) is 1.79. The van der Waals surface area contributed by atoms with E-state index in [2.05, 4.69) is 10.3 Å². The molecule has 0 aliphatic carbocycles. The van der Waals surface area contributed by atoms with Gasteiger partial charge in [0.05, 0.1) is 12.2 Å². The molecule has 1 aromatic carbocycles. The summed E-state index contributed by atoms with van der Waals surface area (Å²) in [7, 11) is 0. The number of primary amides is 1. The molecule has 2 aromatic rings. The Kier molecular flexibility index (Phi) is 4.94. The molecule has 0 bridgehead atoms. The van der Waals surface area contributed by atoms with E-state index in [9.17, 15) is 4.79 Å². The van der Waals surface area contributed by atoms with Crippen molar-refractivity contribution in [2.24, 2.45) is 5.73 Å². The number of aromatic nitrogens is 1. The number of nitrogens with zero attached hydrogens (tertiary/aromatic N) is 1. The number of oxazole rings is 1. The average molecular weight is 289 g/mol. The van der Waals surface area contributed by atoms with E-state index in [0.717, 1.165) is 11.3 Å². The van der Waals surface area contributed by atoms with Gasteiger partial charge in [-0.15, -0.1) is 0 Å². The van der Waals surface area contributed by atoms with Crippen LogP contribution in [-0.4, -0.2) is 17.5 Å². The van der Waals surface area contributed by atoms with Gasteiger partial charge in [-0.25, -0.2) is 4.98 Å². The third-order valence-corrected chi connectivity index (χ3v) is 2.93. The van der Waals surface area contributed by atoms with Crippen molar-refractivity contribution in [2.45, 2.75) is 26.4 Å². The standard InChI is InChI=1S/C15H19N3O3/c1-10-7-18-15(21-10)11(2)17-8-12-3-5-13(6-4-12)20-9-14(16)19/h3-7,11,17H,8-9H2,1-2H3,(H2,16,19). The van der Waals surface area contributed by atoms with Crippen LogP contribution in [0.2, 0.25) is 0 Å². The molecule has 6 heteroatoms. The number of ether oxygens (including phenoxy) is 1. The van der Waals surface area contributed by atoms with Crippen LogP contribution in [0, 0.1) is 6.92 Å². The Bertz CT molecular complexity index is 592. The lowest BCUT2D eigenvalue weighted by Crippen LogP contribution is -2.20. The summed E-state index contributed by atoms with van der Waals surface area (Å²) < 4.78 is 10.7. The number of benzene rings is 1. The van der Waals surface area contributed by atoms with Crippen molar-refractivity contribution >= 4 is 5.91 Å². The van der Waals surface area contributed by atoms with Gasteiger partial charge in [0.1, 0.15) is 11.5 Å². The molecule has 3 N–H and O–H groups in total. The van der Waals surface area contributed by atoms with Crippen molar-refractivity contribution in [2.75, 3.05) is 6.61 Å². The minimum atomic E-state index is -0.490. The van der Waals surface area contributed by atoms with Crippen LogP contribution in [0.3, 0.4) is 0 Å². The molecular formula is C15H19N3O3. The second kappa shape index (κ2) is 6.90. The molecule has 112 valence electrons. The number of nitrogens with two attached hydrogens (primary N) is 1. The van der Waals surface area contributed by atoms with Crippen LogP contribution in [-0.2, 0) is 11.3 Å². The topological polar surface area (TPSA) is 90.4 Å². The highest BCUT2D eigenvalue weighted by atomic mass is 16.5. The summed E-state index contributed by atoms with van der Waals surface area (Å²) in [5, 5.41) is 3.33. The molecule has 6 nitrogen and oxygen atoms in total. The number of hydrogen-bond acceptors (Lipinski definition) is 5. The van der Waals surface area contributed by atoms with Gasteiger partial charge < -0.3 is 20.2 Å². The number of carbonyl (C=O) groups is 1. The Morgan fingerprint density at radius 1 is 1.43 bits per heavy atom. The van der Waals surface area contributed by atoms with E-state index in [1.165, 1.54) is 0 Å². The predicted octanol–water partition coefficient (Wildman–Crippen LogP) is 1.70. The molecule has 1 heterocycles.